The van der Waals surface area contributed by atoms with Gasteiger partial charge in [-0.2, -0.15) is 0 Å². The van der Waals surface area contributed by atoms with Crippen LogP contribution in [0.1, 0.15) is 39.2 Å². The molecule has 1 aliphatic rings. The van der Waals surface area contributed by atoms with E-state index in [0.717, 1.165) is 17.5 Å². The number of anilines is 1. The van der Waals surface area contributed by atoms with Gasteiger partial charge < -0.3 is 10.3 Å². The highest BCUT2D eigenvalue weighted by Crippen LogP contribution is 2.37. The normalized spacial score (nSPS) is 28.7. The lowest BCUT2D eigenvalue weighted by molar-refractivity contribution is 0.225. The molecule has 0 bridgehead atoms. The van der Waals surface area contributed by atoms with Crippen molar-refractivity contribution in [2.24, 2.45) is 11.8 Å². The summed E-state index contributed by atoms with van der Waals surface area (Å²) in [7, 11) is 0. The first-order chi connectivity index (χ1) is 8.63. The highest BCUT2D eigenvalue weighted by Gasteiger charge is 2.25. The molecule has 3 rings (SSSR count). The zero-order valence-electron chi connectivity index (χ0n) is 11.3. The van der Waals surface area contributed by atoms with Gasteiger partial charge >= 0.3 is 0 Å². The van der Waals surface area contributed by atoms with Gasteiger partial charge in [0.1, 0.15) is 0 Å². The third kappa shape index (κ3) is 2.00. The number of nitrogens with zero attached hydrogens (tertiary/aromatic N) is 1. The Bertz CT molecular complexity index is 545. The lowest BCUT2D eigenvalue weighted by atomic mass is 9.80. The van der Waals surface area contributed by atoms with Crippen molar-refractivity contribution in [3.63, 3.8) is 0 Å². The zero-order valence-corrected chi connectivity index (χ0v) is 11.3. The Hall–Kier alpha value is -1.44. The standard InChI is InChI=1S/C16H22N2/c1-11-7-12(2)9-15(8-11)18-6-5-13-10-14(17)3-4-16(13)18/h3-6,10-12,15H,7-9,17H2,1-2H3. The van der Waals surface area contributed by atoms with Crippen LogP contribution in [0.4, 0.5) is 5.69 Å². The second-order valence-electron chi connectivity index (χ2n) is 6.11. The van der Waals surface area contributed by atoms with Crippen molar-refractivity contribution in [1.82, 2.24) is 4.57 Å². The Morgan fingerprint density at radius 3 is 2.50 bits per heavy atom. The van der Waals surface area contributed by atoms with Crippen LogP contribution in [-0.2, 0) is 0 Å². The van der Waals surface area contributed by atoms with Gasteiger partial charge in [-0.1, -0.05) is 13.8 Å². The van der Waals surface area contributed by atoms with Crippen LogP contribution in [0.25, 0.3) is 10.9 Å². The molecule has 2 aromatic rings. The van der Waals surface area contributed by atoms with Crippen LogP contribution in [-0.4, -0.2) is 4.57 Å². The Morgan fingerprint density at radius 1 is 1.06 bits per heavy atom. The molecule has 2 nitrogen and oxygen atoms in total. The summed E-state index contributed by atoms with van der Waals surface area (Å²) in [5.41, 5.74) is 8.03. The van der Waals surface area contributed by atoms with Crippen LogP contribution >= 0.6 is 0 Å². The summed E-state index contributed by atoms with van der Waals surface area (Å²) < 4.78 is 2.46. The summed E-state index contributed by atoms with van der Waals surface area (Å²) in [4.78, 5) is 0. The van der Waals surface area contributed by atoms with Gasteiger partial charge in [0.2, 0.25) is 0 Å². The van der Waals surface area contributed by atoms with E-state index in [1.54, 1.807) is 0 Å². The van der Waals surface area contributed by atoms with Crippen LogP contribution < -0.4 is 5.73 Å². The van der Waals surface area contributed by atoms with Gasteiger partial charge in [-0.25, -0.2) is 0 Å². The minimum absolute atomic E-state index is 0.657. The van der Waals surface area contributed by atoms with Gasteiger partial charge in [-0.15, -0.1) is 0 Å². The van der Waals surface area contributed by atoms with E-state index >= 15 is 0 Å². The summed E-state index contributed by atoms with van der Waals surface area (Å²) in [6, 6.07) is 9.09. The van der Waals surface area contributed by atoms with Crippen molar-refractivity contribution < 1.29 is 0 Å². The fourth-order valence-electron chi connectivity index (χ4n) is 3.63. The van der Waals surface area contributed by atoms with Gasteiger partial charge in [0.05, 0.1) is 0 Å². The number of fused-ring (bicyclic) bond motifs is 1. The molecule has 0 amide bonds. The molecule has 1 aromatic carbocycles. The fourth-order valence-corrected chi connectivity index (χ4v) is 3.63. The lowest BCUT2D eigenvalue weighted by Crippen LogP contribution is -2.22. The Morgan fingerprint density at radius 2 is 1.78 bits per heavy atom. The van der Waals surface area contributed by atoms with Crippen LogP contribution in [0.2, 0.25) is 0 Å². The van der Waals surface area contributed by atoms with E-state index in [2.05, 4.69) is 42.8 Å². The zero-order chi connectivity index (χ0) is 12.7. The van der Waals surface area contributed by atoms with E-state index in [4.69, 9.17) is 5.73 Å². The molecule has 0 saturated heterocycles. The van der Waals surface area contributed by atoms with E-state index in [9.17, 15) is 0 Å². The molecular weight excluding hydrogens is 220 g/mol. The molecule has 2 N–H and O–H groups in total. The summed E-state index contributed by atoms with van der Waals surface area (Å²) in [5, 5.41) is 1.26. The van der Waals surface area contributed by atoms with Crippen molar-refractivity contribution >= 4 is 16.6 Å². The molecule has 1 aliphatic carbocycles. The molecule has 1 aromatic heterocycles. The second kappa shape index (κ2) is 4.34. The SMILES string of the molecule is CC1CC(C)CC(n2ccc3cc(N)ccc32)C1. The first-order valence-electron chi connectivity index (χ1n) is 6.99. The van der Waals surface area contributed by atoms with Gasteiger partial charge in [-0.05, 0) is 55.4 Å². The average molecular weight is 242 g/mol. The molecule has 2 heteroatoms. The van der Waals surface area contributed by atoms with Gasteiger partial charge in [0, 0.05) is 28.8 Å². The number of hydrogen-bond acceptors (Lipinski definition) is 1. The summed E-state index contributed by atoms with van der Waals surface area (Å²) in [5.74, 6) is 1.68. The minimum atomic E-state index is 0.657. The van der Waals surface area contributed by atoms with Gasteiger partial charge in [0.25, 0.3) is 0 Å². The highest BCUT2D eigenvalue weighted by atomic mass is 15.0. The van der Waals surface area contributed by atoms with Crippen molar-refractivity contribution in [1.29, 1.82) is 0 Å². The third-order valence-corrected chi connectivity index (χ3v) is 4.29. The topological polar surface area (TPSA) is 30.9 Å². The van der Waals surface area contributed by atoms with E-state index in [-0.39, 0.29) is 0 Å². The van der Waals surface area contributed by atoms with Crippen molar-refractivity contribution in [3.05, 3.63) is 30.5 Å². The average Bonchev–Trinajstić information content (AvgIpc) is 2.70. The van der Waals surface area contributed by atoms with Crippen molar-refractivity contribution in [3.8, 4) is 0 Å². The van der Waals surface area contributed by atoms with Crippen molar-refractivity contribution in [2.75, 3.05) is 5.73 Å². The predicted molar refractivity (Wildman–Crippen MR) is 77.6 cm³/mol. The second-order valence-corrected chi connectivity index (χ2v) is 6.11. The molecule has 96 valence electrons. The summed E-state index contributed by atoms with van der Waals surface area (Å²) >= 11 is 0. The number of benzene rings is 1. The molecule has 1 heterocycles. The Balaban J connectivity index is 1.98. The van der Waals surface area contributed by atoms with E-state index in [1.165, 1.54) is 30.2 Å². The first kappa shape index (κ1) is 11.6. The summed E-state index contributed by atoms with van der Waals surface area (Å²) in [6.07, 6.45) is 6.22. The van der Waals surface area contributed by atoms with E-state index < -0.39 is 0 Å². The van der Waals surface area contributed by atoms with Crippen LogP contribution in [0, 0.1) is 11.8 Å². The predicted octanol–water partition coefficient (Wildman–Crippen LogP) is 4.22. The Kier molecular flexibility index (Phi) is 2.81. The number of hydrogen-bond donors (Lipinski definition) is 1. The quantitative estimate of drug-likeness (QED) is 0.746. The number of aromatic nitrogens is 1. The van der Waals surface area contributed by atoms with Crippen LogP contribution in [0.3, 0.4) is 0 Å². The number of nitrogens with two attached hydrogens (primary N) is 1. The third-order valence-electron chi connectivity index (χ3n) is 4.29. The van der Waals surface area contributed by atoms with Crippen molar-refractivity contribution in [2.45, 2.75) is 39.2 Å². The molecule has 0 radical (unpaired) electrons. The van der Waals surface area contributed by atoms with Crippen LogP contribution in [0.5, 0.6) is 0 Å². The smallest absolute Gasteiger partial charge is 0.0484 e. The highest BCUT2D eigenvalue weighted by molar-refractivity contribution is 5.83. The molecule has 0 spiro atoms. The summed E-state index contributed by atoms with van der Waals surface area (Å²) in [6.45, 7) is 4.76. The number of nitrogen functional groups attached to an aromatic ring is 1. The molecule has 0 aliphatic heterocycles. The Labute approximate surface area is 109 Å². The largest absolute Gasteiger partial charge is 0.399 e. The molecule has 1 saturated carbocycles. The minimum Gasteiger partial charge on any atom is -0.399 e. The fraction of sp³-hybridized carbons (Fsp3) is 0.500. The van der Waals surface area contributed by atoms with E-state index in [0.29, 0.717) is 6.04 Å². The maximum Gasteiger partial charge on any atom is 0.0484 e. The first-order valence-corrected chi connectivity index (χ1v) is 6.99. The molecule has 2 atom stereocenters. The van der Waals surface area contributed by atoms with E-state index in [1.807, 2.05) is 6.07 Å². The number of rotatable bonds is 1. The van der Waals surface area contributed by atoms with Gasteiger partial charge in [0.15, 0.2) is 0 Å². The molecular formula is C16H22N2. The maximum atomic E-state index is 5.85. The van der Waals surface area contributed by atoms with Gasteiger partial charge in [-0.3, -0.25) is 0 Å². The monoisotopic (exact) mass is 242 g/mol. The molecule has 2 unspecified atom stereocenters. The molecule has 18 heavy (non-hydrogen) atoms. The molecule has 1 fully saturated rings. The maximum absolute atomic E-state index is 5.85. The van der Waals surface area contributed by atoms with Crippen LogP contribution in [0.15, 0.2) is 30.5 Å². The lowest BCUT2D eigenvalue weighted by Gasteiger charge is -2.33.